The standard InChI is InChI=1S/C14H21Cl2NO2/c1-10(15)8-17(9-11(2)16)12-5-6-13(18-3)14(7-12)19-4/h5-7,10-11H,8-9H2,1-4H3/t10-,11+. The van der Waals surface area contributed by atoms with Crippen molar-refractivity contribution in [2.45, 2.75) is 24.6 Å². The number of alkyl halides is 2. The van der Waals surface area contributed by atoms with Crippen LogP contribution in [0.1, 0.15) is 13.8 Å². The molecule has 0 aromatic heterocycles. The molecule has 1 aromatic rings. The lowest BCUT2D eigenvalue weighted by Crippen LogP contribution is -2.33. The molecule has 1 aromatic carbocycles. The van der Waals surface area contributed by atoms with Crippen LogP contribution in [0.15, 0.2) is 18.2 Å². The lowest BCUT2D eigenvalue weighted by molar-refractivity contribution is 0.355. The van der Waals surface area contributed by atoms with E-state index in [0.29, 0.717) is 11.5 Å². The monoisotopic (exact) mass is 305 g/mol. The van der Waals surface area contributed by atoms with Crippen LogP contribution in [0.5, 0.6) is 11.5 Å². The van der Waals surface area contributed by atoms with Crippen molar-refractivity contribution in [3.8, 4) is 11.5 Å². The van der Waals surface area contributed by atoms with Crippen LogP contribution in [0.2, 0.25) is 0 Å². The Morgan fingerprint density at radius 1 is 1.00 bits per heavy atom. The average Bonchev–Trinajstić information content (AvgIpc) is 2.36. The van der Waals surface area contributed by atoms with Crippen LogP contribution in [0.25, 0.3) is 0 Å². The number of anilines is 1. The van der Waals surface area contributed by atoms with Gasteiger partial charge in [0.1, 0.15) is 0 Å². The van der Waals surface area contributed by atoms with Crippen molar-refractivity contribution in [2.75, 3.05) is 32.2 Å². The maximum Gasteiger partial charge on any atom is 0.162 e. The van der Waals surface area contributed by atoms with Crippen molar-refractivity contribution in [3.05, 3.63) is 18.2 Å². The Bertz CT molecular complexity index is 387. The highest BCUT2D eigenvalue weighted by molar-refractivity contribution is 6.21. The zero-order chi connectivity index (χ0) is 14.4. The molecule has 0 radical (unpaired) electrons. The van der Waals surface area contributed by atoms with Crippen molar-refractivity contribution >= 4 is 28.9 Å². The topological polar surface area (TPSA) is 21.7 Å². The van der Waals surface area contributed by atoms with E-state index in [1.165, 1.54) is 0 Å². The number of halogens is 2. The zero-order valence-electron chi connectivity index (χ0n) is 11.8. The maximum absolute atomic E-state index is 6.10. The molecule has 0 aliphatic carbocycles. The predicted octanol–water partition coefficient (Wildman–Crippen LogP) is 3.76. The summed E-state index contributed by atoms with van der Waals surface area (Å²) in [7, 11) is 3.25. The molecule has 0 heterocycles. The fraction of sp³-hybridized carbons (Fsp3) is 0.571. The summed E-state index contributed by atoms with van der Waals surface area (Å²) in [5.74, 6) is 1.42. The van der Waals surface area contributed by atoms with Gasteiger partial charge in [-0.2, -0.15) is 0 Å². The van der Waals surface area contributed by atoms with Crippen molar-refractivity contribution in [3.63, 3.8) is 0 Å². The van der Waals surface area contributed by atoms with Crippen LogP contribution in [0.3, 0.4) is 0 Å². The number of hydrogen-bond acceptors (Lipinski definition) is 3. The Labute approximate surface area is 125 Å². The van der Waals surface area contributed by atoms with Crippen LogP contribution in [0, 0.1) is 0 Å². The van der Waals surface area contributed by atoms with Gasteiger partial charge >= 0.3 is 0 Å². The van der Waals surface area contributed by atoms with Crippen LogP contribution in [-0.4, -0.2) is 38.1 Å². The largest absolute Gasteiger partial charge is 0.493 e. The van der Waals surface area contributed by atoms with Crippen LogP contribution in [0.4, 0.5) is 5.69 Å². The highest BCUT2D eigenvalue weighted by Gasteiger charge is 2.14. The molecular formula is C14H21Cl2NO2. The van der Waals surface area contributed by atoms with Gasteiger partial charge in [0.05, 0.1) is 14.2 Å². The highest BCUT2D eigenvalue weighted by atomic mass is 35.5. The van der Waals surface area contributed by atoms with Gasteiger partial charge in [-0.1, -0.05) is 0 Å². The van der Waals surface area contributed by atoms with Gasteiger partial charge in [-0.15, -0.1) is 23.2 Å². The summed E-state index contributed by atoms with van der Waals surface area (Å²) in [6.07, 6.45) is 0. The fourth-order valence-corrected chi connectivity index (χ4v) is 2.25. The second-order valence-electron chi connectivity index (χ2n) is 4.51. The summed E-state index contributed by atoms with van der Waals surface area (Å²) >= 11 is 12.2. The molecule has 0 unspecified atom stereocenters. The minimum absolute atomic E-state index is 0.0449. The first-order valence-electron chi connectivity index (χ1n) is 6.23. The highest BCUT2D eigenvalue weighted by Crippen LogP contribution is 2.32. The summed E-state index contributed by atoms with van der Waals surface area (Å²) < 4.78 is 10.6. The molecule has 0 aliphatic heterocycles. The Morgan fingerprint density at radius 2 is 1.53 bits per heavy atom. The molecule has 0 fully saturated rings. The van der Waals surface area contributed by atoms with E-state index in [4.69, 9.17) is 32.7 Å². The fourth-order valence-electron chi connectivity index (χ4n) is 1.91. The van der Waals surface area contributed by atoms with Crippen LogP contribution >= 0.6 is 23.2 Å². The van der Waals surface area contributed by atoms with E-state index >= 15 is 0 Å². The van der Waals surface area contributed by atoms with Crippen molar-refractivity contribution in [1.82, 2.24) is 0 Å². The first-order valence-corrected chi connectivity index (χ1v) is 7.10. The molecular weight excluding hydrogens is 285 g/mol. The summed E-state index contributed by atoms with van der Waals surface area (Å²) in [5.41, 5.74) is 1.03. The van der Waals surface area contributed by atoms with Crippen LogP contribution in [-0.2, 0) is 0 Å². The molecule has 5 heteroatoms. The number of rotatable bonds is 7. The third kappa shape index (κ3) is 5.00. The molecule has 0 bridgehead atoms. The van der Waals surface area contributed by atoms with Crippen molar-refractivity contribution < 1.29 is 9.47 Å². The third-order valence-electron chi connectivity index (χ3n) is 2.68. The molecule has 2 atom stereocenters. The quantitative estimate of drug-likeness (QED) is 0.716. The smallest absolute Gasteiger partial charge is 0.162 e. The SMILES string of the molecule is COc1ccc(N(C[C@H](C)Cl)C[C@@H](C)Cl)cc1OC. The predicted molar refractivity (Wildman–Crippen MR) is 82.4 cm³/mol. The molecule has 0 aliphatic rings. The van der Waals surface area contributed by atoms with Gasteiger partial charge in [-0.05, 0) is 26.0 Å². The van der Waals surface area contributed by atoms with Gasteiger partial charge in [0.25, 0.3) is 0 Å². The van der Waals surface area contributed by atoms with Crippen molar-refractivity contribution in [1.29, 1.82) is 0 Å². The number of ether oxygens (including phenoxy) is 2. The number of methoxy groups -OCH3 is 2. The average molecular weight is 306 g/mol. The van der Waals surface area contributed by atoms with E-state index in [-0.39, 0.29) is 10.8 Å². The Hall–Kier alpha value is -0.800. The van der Waals surface area contributed by atoms with E-state index in [1.807, 2.05) is 32.0 Å². The molecule has 19 heavy (non-hydrogen) atoms. The van der Waals surface area contributed by atoms with Gasteiger partial charge in [0, 0.05) is 35.6 Å². The lowest BCUT2D eigenvalue weighted by atomic mass is 10.2. The Balaban J connectivity index is 3.00. The Morgan fingerprint density at radius 3 is 1.95 bits per heavy atom. The van der Waals surface area contributed by atoms with E-state index < -0.39 is 0 Å². The van der Waals surface area contributed by atoms with Gasteiger partial charge in [0.15, 0.2) is 11.5 Å². The maximum atomic E-state index is 6.10. The normalized spacial score (nSPS) is 13.8. The second kappa shape index (κ2) is 7.71. The molecule has 0 N–H and O–H groups in total. The molecule has 1 rings (SSSR count). The molecule has 0 saturated carbocycles. The molecule has 108 valence electrons. The number of nitrogens with zero attached hydrogens (tertiary/aromatic N) is 1. The summed E-state index contributed by atoms with van der Waals surface area (Å²) in [6, 6.07) is 5.82. The number of hydrogen-bond donors (Lipinski definition) is 0. The van der Waals surface area contributed by atoms with E-state index in [9.17, 15) is 0 Å². The minimum atomic E-state index is 0.0449. The third-order valence-corrected chi connectivity index (χ3v) is 2.95. The van der Waals surface area contributed by atoms with Crippen LogP contribution < -0.4 is 14.4 Å². The molecule has 0 amide bonds. The van der Waals surface area contributed by atoms with Gasteiger partial charge in [0.2, 0.25) is 0 Å². The zero-order valence-corrected chi connectivity index (χ0v) is 13.3. The summed E-state index contributed by atoms with van der Waals surface area (Å²) in [5, 5.41) is 0.0898. The Kier molecular flexibility index (Phi) is 6.59. The van der Waals surface area contributed by atoms with Crippen molar-refractivity contribution in [2.24, 2.45) is 0 Å². The van der Waals surface area contributed by atoms with E-state index in [2.05, 4.69) is 4.90 Å². The second-order valence-corrected chi connectivity index (χ2v) is 6.00. The van der Waals surface area contributed by atoms with Gasteiger partial charge in [-0.25, -0.2) is 0 Å². The minimum Gasteiger partial charge on any atom is -0.493 e. The number of benzene rings is 1. The first-order chi connectivity index (χ1) is 8.97. The lowest BCUT2D eigenvalue weighted by Gasteiger charge is -2.27. The van der Waals surface area contributed by atoms with Gasteiger partial charge < -0.3 is 14.4 Å². The van der Waals surface area contributed by atoms with E-state index in [1.54, 1.807) is 14.2 Å². The van der Waals surface area contributed by atoms with E-state index in [0.717, 1.165) is 18.8 Å². The molecule has 0 spiro atoms. The molecule has 0 saturated heterocycles. The molecule has 3 nitrogen and oxygen atoms in total. The first kappa shape index (κ1) is 16.3. The summed E-state index contributed by atoms with van der Waals surface area (Å²) in [6.45, 7) is 5.39. The summed E-state index contributed by atoms with van der Waals surface area (Å²) in [4.78, 5) is 2.15. The van der Waals surface area contributed by atoms with Gasteiger partial charge in [-0.3, -0.25) is 0 Å².